The van der Waals surface area contributed by atoms with Gasteiger partial charge in [-0.15, -0.1) is 0 Å². The lowest BCUT2D eigenvalue weighted by molar-refractivity contribution is -0.133. The summed E-state index contributed by atoms with van der Waals surface area (Å²) in [6.45, 7) is -0.346. The first kappa shape index (κ1) is 16.3. The van der Waals surface area contributed by atoms with Gasteiger partial charge < -0.3 is 5.32 Å². The van der Waals surface area contributed by atoms with Crippen LogP contribution in [0.15, 0.2) is 12.1 Å². The Kier molecular flexibility index (Phi) is 4.71. The maximum absolute atomic E-state index is 13.3. The monoisotopic (exact) mass is 331 g/mol. The van der Waals surface area contributed by atoms with Gasteiger partial charge in [-0.1, -0.05) is 0 Å². The second kappa shape index (κ2) is 6.36. The third-order valence-electron chi connectivity index (χ3n) is 2.92. The molecule has 1 fully saturated rings. The Morgan fingerprint density at radius 3 is 2.82 bits per heavy atom. The summed E-state index contributed by atoms with van der Waals surface area (Å²) in [4.78, 5) is 26.4. The number of amides is 2. The van der Waals surface area contributed by atoms with Crippen molar-refractivity contribution in [3.63, 3.8) is 0 Å². The van der Waals surface area contributed by atoms with Crippen molar-refractivity contribution in [1.82, 2.24) is 10.3 Å². The SMILES string of the molecule is CS(=O)(=O)OCc1ccc(F)nc1NC1CCC(=O)NC1=O. The van der Waals surface area contributed by atoms with Gasteiger partial charge in [0.1, 0.15) is 11.9 Å². The molecule has 22 heavy (non-hydrogen) atoms. The van der Waals surface area contributed by atoms with Crippen LogP contribution < -0.4 is 10.6 Å². The molecule has 1 aromatic heterocycles. The molecular formula is C12H14FN3O5S. The zero-order valence-corrected chi connectivity index (χ0v) is 12.4. The van der Waals surface area contributed by atoms with Crippen LogP contribution in [-0.2, 0) is 30.5 Å². The number of carbonyl (C=O) groups is 2. The molecule has 2 rings (SSSR count). The standard InChI is InChI=1S/C12H14FN3O5S/c1-22(19,20)21-6-7-2-4-9(13)15-11(7)14-8-3-5-10(17)16-12(8)18/h2,4,8H,3,5-6H2,1H3,(H,14,15)(H,16,17,18). The Morgan fingerprint density at radius 2 is 2.18 bits per heavy atom. The van der Waals surface area contributed by atoms with E-state index >= 15 is 0 Å². The van der Waals surface area contributed by atoms with Crippen molar-refractivity contribution < 1.29 is 26.6 Å². The van der Waals surface area contributed by atoms with E-state index in [1.54, 1.807) is 0 Å². The first-order valence-corrected chi connectivity index (χ1v) is 8.16. The molecule has 1 atom stereocenters. The number of hydrogen-bond acceptors (Lipinski definition) is 7. The van der Waals surface area contributed by atoms with Crippen molar-refractivity contribution in [3.8, 4) is 0 Å². The van der Waals surface area contributed by atoms with Crippen molar-refractivity contribution in [2.75, 3.05) is 11.6 Å². The number of rotatable bonds is 5. The number of halogens is 1. The molecule has 1 aliphatic rings. The highest BCUT2D eigenvalue weighted by atomic mass is 32.2. The van der Waals surface area contributed by atoms with E-state index in [2.05, 4.69) is 19.8 Å². The fourth-order valence-corrected chi connectivity index (χ4v) is 2.21. The van der Waals surface area contributed by atoms with Crippen LogP contribution in [0.25, 0.3) is 0 Å². The topological polar surface area (TPSA) is 114 Å². The van der Waals surface area contributed by atoms with Gasteiger partial charge in [-0.2, -0.15) is 12.8 Å². The van der Waals surface area contributed by atoms with Gasteiger partial charge in [-0.3, -0.25) is 19.1 Å². The minimum atomic E-state index is -3.67. The molecule has 2 amide bonds. The van der Waals surface area contributed by atoms with E-state index in [9.17, 15) is 22.4 Å². The molecule has 8 nitrogen and oxygen atoms in total. The summed E-state index contributed by atoms with van der Waals surface area (Å²) >= 11 is 0. The fourth-order valence-electron chi connectivity index (χ4n) is 1.87. The van der Waals surface area contributed by atoms with Crippen molar-refractivity contribution >= 4 is 27.8 Å². The summed E-state index contributed by atoms with van der Waals surface area (Å²) in [5, 5.41) is 4.86. The molecule has 1 aromatic rings. The van der Waals surface area contributed by atoms with E-state index in [4.69, 9.17) is 0 Å². The fraction of sp³-hybridized carbons (Fsp3) is 0.417. The van der Waals surface area contributed by atoms with Gasteiger partial charge in [-0.05, 0) is 18.6 Å². The molecule has 0 spiro atoms. The Morgan fingerprint density at radius 1 is 1.45 bits per heavy atom. The second-order valence-corrected chi connectivity index (χ2v) is 6.40. The molecule has 1 unspecified atom stereocenters. The summed E-state index contributed by atoms with van der Waals surface area (Å²) < 4.78 is 40.0. The van der Waals surface area contributed by atoms with Crippen molar-refractivity contribution in [1.29, 1.82) is 0 Å². The van der Waals surface area contributed by atoms with Crippen molar-refractivity contribution in [2.24, 2.45) is 0 Å². The van der Waals surface area contributed by atoms with Gasteiger partial charge in [0.15, 0.2) is 0 Å². The Labute approximate surface area is 126 Å². The van der Waals surface area contributed by atoms with Crippen LogP contribution in [0.3, 0.4) is 0 Å². The second-order valence-electron chi connectivity index (χ2n) is 4.76. The predicted molar refractivity (Wildman–Crippen MR) is 73.6 cm³/mol. The van der Waals surface area contributed by atoms with Gasteiger partial charge >= 0.3 is 0 Å². The highest BCUT2D eigenvalue weighted by Crippen LogP contribution is 2.18. The first-order chi connectivity index (χ1) is 10.2. The zero-order chi connectivity index (χ0) is 16.3. The summed E-state index contributed by atoms with van der Waals surface area (Å²) in [6, 6.07) is 1.60. The average molecular weight is 331 g/mol. The van der Waals surface area contributed by atoms with Crippen LogP contribution in [-0.4, -0.2) is 37.5 Å². The maximum Gasteiger partial charge on any atom is 0.264 e. The van der Waals surface area contributed by atoms with Crippen LogP contribution in [0, 0.1) is 5.95 Å². The molecule has 0 saturated carbocycles. The van der Waals surface area contributed by atoms with Crippen LogP contribution in [0.5, 0.6) is 0 Å². The number of imide groups is 1. The highest BCUT2D eigenvalue weighted by molar-refractivity contribution is 7.85. The molecule has 10 heteroatoms. The van der Waals surface area contributed by atoms with Gasteiger partial charge in [0.05, 0.1) is 12.9 Å². The molecule has 0 aliphatic carbocycles. The molecule has 0 aromatic carbocycles. The molecule has 2 N–H and O–H groups in total. The lowest BCUT2D eigenvalue weighted by Crippen LogP contribution is -2.47. The number of carbonyl (C=O) groups excluding carboxylic acids is 2. The third-order valence-corrected chi connectivity index (χ3v) is 3.47. The number of nitrogens with one attached hydrogen (secondary N) is 2. The summed E-state index contributed by atoms with van der Waals surface area (Å²) in [5.41, 5.74) is 0.275. The van der Waals surface area contributed by atoms with E-state index in [0.717, 1.165) is 12.3 Å². The first-order valence-electron chi connectivity index (χ1n) is 6.34. The van der Waals surface area contributed by atoms with E-state index in [1.165, 1.54) is 6.07 Å². The number of nitrogens with zero attached hydrogens (tertiary/aromatic N) is 1. The van der Waals surface area contributed by atoms with Gasteiger partial charge in [-0.25, -0.2) is 4.98 Å². The van der Waals surface area contributed by atoms with Crippen LogP contribution >= 0.6 is 0 Å². The molecule has 2 heterocycles. The van der Waals surface area contributed by atoms with Gasteiger partial charge in [0.2, 0.25) is 17.8 Å². The minimum absolute atomic E-state index is 0.00171. The van der Waals surface area contributed by atoms with Crippen LogP contribution in [0.1, 0.15) is 18.4 Å². The Bertz CT molecular complexity index is 707. The molecule has 120 valence electrons. The predicted octanol–water partition coefficient (Wildman–Crippen LogP) is -0.0860. The highest BCUT2D eigenvalue weighted by Gasteiger charge is 2.27. The van der Waals surface area contributed by atoms with E-state index < -0.39 is 28.0 Å². The number of piperidine rings is 1. The normalized spacial score (nSPS) is 18.9. The van der Waals surface area contributed by atoms with Crippen molar-refractivity contribution in [3.05, 3.63) is 23.6 Å². The average Bonchev–Trinajstić information content (AvgIpc) is 2.40. The molecule has 1 aliphatic heterocycles. The number of anilines is 1. The molecule has 1 saturated heterocycles. The number of pyridine rings is 1. The smallest absolute Gasteiger partial charge is 0.264 e. The molecular weight excluding hydrogens is 317 g/mol. The lowest BCUT2D eigenvalue weighted by Gasteiger charge is -2.23. The zero-order valence-electron chi connectivity index (χ0n) is 11.6. The number of hydrogen-bond donors (Lipinski definition) is 2. The Hall–Kier alpha value is -2.07. The molecule has 0 radical (unpaired) electrons. The summed E-state index contributed by atoms with van der Waals surface area (Å²) in [5.74, 6) is -1.72. The summed E-state index contributed by atoms with van der Waals surface area (Å²) in [6.07, 6.45) is 1.26. The summed E-state index contributed by atoms with van der Waals surface area (Å²) in [7, 11) is -3.67. The van der Waals surface area contributed by atoms with E-state index in [-0.39, 0.29) is 36.7 Å². The van der Waals surface area contributed by atoms with Crippen molar-refractivity contribution in [2.45, 2.75) is 25.5 Å². The Balaban J connectivity index is 2.16. The van der Waals surface area contributed by atoms with Crippen LogP contribution in [0.4, 0.5) is 10.2 Å². The van der Waals surface area contributed by atoms with Crippen LogP contribution in [0.2, 0.25) is 0 Å². The third kappa shape index (κ3) is 4.46. The molecule has 0 bridgehead atoms. The van der Waals surface area contributed by atoms with E-state index in [1.807, 2.05) is 0 Å². The van der Waals surface area contributed by atoms with Gasteiger partial charge in [0, 0.05) is 12.0 Å². The van der Waals surface area contributed by atoms with Gasteiger partial charge in [0.25, 0.3) is 10.1 Å². The number of aromatic nitrogens is 1. The quantitative estimate of drug-likeness (QED) is 0.440. The lowest BCUT2D eigenvalue weighted by atomic mass is 10.1. The van der Waals surface area contributed by atoms with E-state index in [0.29, 0.717) is 0 Å². The largest absolute Gasteiger partial charge is 0.358 e. The maximum atomic E-state index is 13.3. The minimum Gasteiger partial charge on any atom is -0.358 e.